The summed E-state index contributed by atoms with van der Waals surface area (Å²) in [7, 11) is 0. The molecule has 0 bridgehead atoms. The average molecular weight is 208 g/mol. The quantitative estimate of drug-likeness (QED) is 0.312. The number of Topliss-reactive ketones (excluding diaryl/α,β-unsaturated/α-hetero) is 1. The summed E-state index contributed by atoms with van der Waals surface area (Å²) in [5, 5.41) is 2.97. The van der Waals surface area contributed by atoms with Gasteiger partial charge < -0.3 is 10.5 Å². The number of unbranched alkanes of at least 4 members (excludes halogenated alkanes) is 2. The fourth-order valence-electron chi connectivity index (χ4n) is 0.972. The lowest BCUT2D eigenvalue weighted by Gasteiger charge is -2.10. The summed E-state index contributed by atoms with van der Waals surface area (Å²) in [4.78, 5) is 12.9. The first-order valence-electron chi connectivity index (χ1n) is 4.51. The Morgan fingerprint density at radius 3 is 2.69 bits per heavy atom. The van der Waals surface area contributed by atoms with E-state index in [0.717, 1.165) is 25.8 Å². The van der Waals surface area contributed by atoms with Gasteiger partial charge in [-0.3, -0.25) is 5.32 Å². The Morgan fingerprint density at radius 2 is 2.15 bits per heavy atom. The average Bonchev–Trinajstić information content (AvgIpc) is 2.10. The van der Waals surface area contributed by atoms with Crippen LogP contribution in [0.1, 0.15) is 32.6 Å². The zero-order valence-electron chi connectivity index (χ0n) is 7.98. The van der Waals surface area contributed by atoms with Gasteiger partial charge in [0.15, 0.2) is 0 Å². The van der Waals surface area contributed by atoms with E-state index in [1.165, 1.54) is 0 Å². The number of nitrogens with two attached hydrogens (primary N) is 1. The fraction of sp³-hybridized carbons (Fsp3) is 0.875. The largest absolute Gasteiger partial charge is 0.303 e. The third-order valence-corrected chi connectivity index (χ3v) is 1.92. The van der Waals surface area contributed by atoms with Crippen LogP contribution in [0.2, 0.25) is 0 Å². The number of halogens is 1. The molecular formula is C8H18ClN3O. The van der Waals surface area contributed by atoms with Gasteiger partial charge in [-0.25, -0.2) is 4.84 Å². The maximum Gasteiger partial charge on any atom is 0.129 e. The third kappa shape index (κ3) is 9.76. The number of carbonyl (C=O) groups excluding carboxylic acids is 1. The van der Waals surface area contributed by atoms with E-state index in [1.807, 2.05) is 0 Å². The minimum atomic E-state index is -0.352. The standard InChI is InChI=1S/C8H18ClN3O/c1-7(13)5-3-2-4-6-11-8(10)12-9/h8,11-12H,2-6,10H2,1H3. The van der Waals surface area contributed by atoms with Crippen LogP contribution in [0.25, 0.3) is 0 Å². The van der Waals surface area contributed by atoms with Crippen molar-refractivity contribution >= 4 is 17.6 Å². The van der Waals surface area contributed by atoms with Crippen LogP contribution in [-0.2, 0) is 4.79 Å². The second-order valence-corrected chi connectivity index (χ2v) is 3.27. The zero-order valence-corrected chi connectivity index (χ0v) is 8.73. The first-order valence-corrected chi connectivity index (χ1v) is 4.89. The van der Waals surface area contributed by atoms with Crippen LogP contribution in [0.4, 0.5) is 0 Å². The number of nitrogens with one attached hydrogen (secondary N) is 2. The summed E-state index contributed by atoms with van der Waals surface area (Å²) in [5.41, 5.74) is 5.43. The predicted octanol–water partition coefficient (Wildman–Crippen LogP) is 0.711. The first kappa shape index (κ1) is 12.8. The SMILES string of the molecule is CC(=O)CCCCCNC(N)NCl. The molecule has 0 fully saturated rings. The molecule has 0 aromatic heterocycles. The third-order valence-electron chi connectivity index (χ3n) is 1.69. The molecule has 0 aliphatic rings. The van der Waals surface area contributed by atoms with Crippen molar-refractivity contribution in [2.45, 2.75) is 38.9 Å². The van der Waals surface area contributed by atoms with Crippen molar-refractivity contribution in [3.63, 3.8) is 0 Å². The molecule has 0 saturated heterocycles. The maximum atomic E-state index is 10.6. The van der Waals surface area contributed by atoms with Crippen molar-refractivity contribution in [3.8, 4) is 0 Å². The van der Waals surface area contributed by atoms with E-state index in [4.69, 9.17) is 17.5 Å². The highest BCUT2D eigenvalue weighted by molar-refractivity contribution is 6.13. The molecule has 0 aromatic rings. The van der Waals surface area contributed by atoms with E-state index in [9.17, 15) is 4.79 Å². The van der Waals surface area contributed by atoms with E-state index in [-0.39, 0.29) is 12.1 Å². The van der Waals surface area contributed by atoms with Crippen molar-refractivity contribution in [3.05, 3.63) is 0 Å². The highest BCUT2D eigenvalue weighted by Crippen LogP contribution is 1.99. The van der Waals surface area contributed by atoms with E-state index >= 15 is 0 Å². The lowest BCUT2D eigenvalue weighted by atomic mass is 10.1. The van der Waals surface area contributed by atoms with Crippen LogP contribution < -0.4 is 15.9 Å². The van der Waals surface area contributed by atoms with Crippen molar-refractivity contribution < 1.29 is 4.79 Å². The second-order valence-electron chi connectivity index (χ2n) is 3.05. The van der Waals surface area contributed by atoms with Gasteiger partial charge in [0.2, 0.25) is 0 Å². The zero-order chi connectivity index (χ0) is 10.1. The maximum absolute atomic E-state index is 10.6. The molecule has 0 aliphatic heterocycles. The molecular weight excluding hydrogens is 190 g/mol. The van der Waals surface area contributed by atoms with Crippen LogP contribution in [0.15, 0.2) is 0 Å². The van der Waals surface area contributed by atoms with Gasteiger partial charge in [-0.15, -0.1) is 0 Å². The lowest BCUT2D eigenvalue weighted by molar-refractivity contribution is -0.117. The Kier molecular flexibility index (Phi) is 8.33. The molecule has 4 nitrogen and oxygen atoms in total. The smallest absolute Gasteiger partial charge is 0.129 e. The normalized spacial score (nSPS) is 12.8. The first-order chi connectivity index (χ1) is 6.16. The summed E-state index contributed by atoms with van der Waals surface area (Å²) in [6.07, 6.45) is 3.34. The van der Waals surface area contributed by atoms with Gasteiger partial charge in [-0.05, 0) is 38.1 Å². The number of rotatable bonds is 8. The summed E-state index contributed by atoms with van der Waals surface area (Å²) < 4.78 is 0. The monoisotopic (exact) mass is 207 g/mol. The fourth-order valence-corrected chi connectivity index (χ4v) is 1.05. The van der Waals surface area contributed by atoms with E-state index in [2.05, 4.69) is 10.2 Å². The molecule has 0 spiro atoms. The molecule has 13 heavy (non-hydrogen) atoms. The van der Waals surface area contributed by atoms with Gasteiger partial charge in [0.05, 0.1) is 0 Å². The molecule has 0 amide bonds. The second kappa shape index (κ2) is 8.44. The van der Waals surface area contributed by atoms with Crippen molar-refractivity contribution in [2.75, 3.05) is 6.54 Å². The molecule has 0 aliphatic carbocycles. The van der Waals surface area contributed by atoms with Crippen LogP contribution in [-0.4, -0.2) is 18.6 Å². The number of carbonyl (C=O) groups is 1. The van der Waals surface area contributed by atoms with E-state index < -0.39 is 0 Å². The van der Waals surface area contributed by atoms with Crippen LogP contribution >= 0.6 is 11.8 Å². The van der Waals surface area contributed by atoms with Crippen LogP contribution in [0, 0.1) is 0 Å². The molecule has 0 rings (SSSR count). The van der Waals surface area contributed by atoms with Gasteiger partial charge in [0.1, 0.15) is 12.1 Å². The molecule has 1 unspecified atom stereocenters. The lowest BCUT2D eigenvalue weighted by Crippen LogP contribution is -2.45. The number of hydrogen-bond acceptors (Lipinski definition) is 4. The molecule has 78 valence electrons. The summed E-state index contributed by atoms with van der Waals surface area (Å²) >= 11 is 5.25. The minimum Gasteiger partial charge on any atom is -0.303 e. The molecule has 0 heterocycles. The van der Waals surface area contributed by atoms with Gasteiger partial charge in [0.25, 0.3) is 0 Å². The Bertz CT molecular complexity index is 143. The minimum absolute atomic E-state index is 0.257. The van der Waals surface area contributed by atoms with Crippen molar-refractivity contribution in [1.29, 1.82) is 0 Å². The number of ketones is 1. The van der Waals surface area contributed by atoms with Crippen molar-refractivity contribution in [2.24, 2.45) is 5.73 Å². The van der Waals surface area contributed by atoms with Gasteiger partial charge >= 0.3 is 0 Å². The summed E-state index contributed by atoms with van der Waals surface area (Å²) in [6, 6.07) is 0. The molecule has 5 heteroatoms. The van der Waals surface area contributed by atoms with Crippen LogP contribution in [0.5, 0.6) is 0 Å². The topological polar surface area (TPSA) is 67.2 Å². The molecule has 0 radical (unpaired) electrons. The molecule has 0 aromatic carbocycles. The Balaban J connectivity index is 3.04. The Hall–Kier alpha value is -0.160. The van der Waals surface area contributed by atoms with E-state index in [0.29, 0.717) is 6.42 Å². The molecule has 4 N–H and O–H groups in total. The van der Waals surface area contributed by atoms with Crippen LogP contribution in [0.3, 0.4) is 0 Å². The summed E-state index contributed by atoms with van der Waals surface area (Å²) in [5.74, 6) is 0.257. The van der Waals surface area contributed by atoms with Gasteiger partial charge in [-0.2, -0.15) is 0 Å². The predicted molar refractivity (Wildman–Crippen MR) is 54.1 cm³/mol. The van der Waals surface area contributed by atoms with Crippen molar-refractivity contribution in [1.82, 2.24) is 10.2 Å². The Labute approximate surface area is 84.3 Å². The molecule has 0 saturated carbocycles. The highest BCUT2D eigenvalue weighted by Gasteiger charge is 1.97. The highest BCUT2D eigenvalue weighted by atomic mass is 35.5. The molecule has 1 atom stereocenters. The van der Waals surface area contributed by atoms with Gasteiger partial charge in [-0.1, -0.05) is 6.42 Å². The summed E-state index contributed by atoms with van der Waals surface area (Å²) in [6.45, 7) is 2.43. The Morgan fingerprint density at radius 1 is 1.46 bits per heavy atom. The van der Waals surface area contributed by atoms with E-state index in [1.54, 1.807) is 6.92 Å². The van der Waals surface area contributed by atoms with Gasteiger partial charge in [0, 0.05) is 6.42 Å². The number of hydrogen-bond donors (Lipinski definition) is 3.